The molecule has 1 heterocycles. The zero-order valence-corrected chi connectivity index (χ0v) is 7.53. The number of pyridine rings is 1. The third-order valence-corrected chi connectivity index (χ3v) is 1.86. The van der Waals surface area contributed by atoms with E-state index in [-0.39, 0.29) is 6.04 Å². The Morgan fingerprint density at radius 2 is 2.33 bits per heavy atom. The van der Waals surface area contributed by atoms with Crippen molar-refractivity contribution in [1.82, 2.24) is 4.98 Å². The SMILES string of the molecule is CCC[C@@H](N)Cc1ccccn1. The van der Waals surface area contributed by atoms with Crippen molar-refractivity contribution in [1.29, 1.82) is 0 Å². The van der Waals surface area contributed by atoms with Gasteiger partial charge in [0.15, 0.2) is 0 Å². The predicted octanol–water partition coefficient (Wildman–Crippen LogP) is 1.75. The number of hydrogen-bond donors (Lipinski definition) is 1. The van der Waals surface area contributed by atoms with E-state index in [2.05, 4.69) is 11.9 Å². The molecular formula is C10H16N2. The van der Waals surface area contributed by atoms with E-state index in [9.17, 15) is 0 Å². The Balaban J connectivity index is 2.41. The highest BCUT2D eigenvalue weighted by Gasteiger charge is 2.02. The van der Waals surface area contributed by atoms with Crippen LogP contribution in [0.25, 0.3) is 0 Å². The monoisotopic (exact) mass is 164 g/mol. The summed E-state index contributed by atoms with van der Waals surface area (Å²) in [6.45, 7) is 2.15. The highest BCUT2D eigenvalue weighted by atomic mass is 14.7. The molecule has 0 saturated heterocycles. The third kappa shape index (κ3) is 3.01. The van der Waals surface area contributed by atoms with Gasteiger partial charge in [-0.15, -0.1) is 0 Å². The molecule has 0 aliphatic heterocycles. The summed E-state index contributed by atoms with van der Waals surface area (Å²) < 4.78 is 0. The van der Waals surface area contributed by atoms with E-state index < -0.39 is 0 Å². The van der Waals surface area contributed by atoms with Crippen LogP contribution < -0.4 is 5.73 Å². The number of nitrogens with two attached hydrogens (primary N) is 1. The largest absolute Gasteiger partial charge is 0.327 e. The van der Waals surface area contributed by atoms with Crippen molar-refractivity contribution in [3.63, 3.8) is 0 Å². The molecule has 2 N–H and O–H groups in total. The van der Waals surface area contributed by atoms with Crippen molar-refractivity contribution in [3.05, 3.63) is 30.1 Å². The second kappa shape index (κ2) is 4.88. The van der Waals surface area contributed by atoms with E-state index in [4.69, 9.17) is 5.73 Å². The van der Waals surface area contributed by atoms with Gasteiger partial charge in [0.1, 0.15) is 0 Å². The lowest BCUT2D eigenvalue weighted by Crippen LogP contribution is -2.22. The molecule has 0 spiro atoms. The van der Waals surface area contributed by atoms with Crippen molar-refractivity contribution < 1.29 is 0 Å². The first-order valence-corrected chi connectivity index (χ1v) is 4.48. The van der Waals surface area contributed by atoms with E-state index in [0.29, 0.717) is 0 Å². The number of hydrogen-bond acceptors (Lipinski definition) is 2. The smallest absolute Gasteiger partial charge is 0.0419 e. The molecule has 0 aliphatic carbocycles. The normalized spacial score (nSPS) is 12.8. The van der Waals surface area contributed by atoms with Crippen molar-refractivity contribution in [2.24, 2.45) is 5.73 Å². The van der Waals surface area contributed by atoms with Crippen molar-refractivity contribution in [3.8, 4) is 0 Å². The van der Waals surface area contributed by atoms with E-state index in [1.54, 1.807) is 0 Å². The first-order valence-electron chi connectivity index (χ1n) is 4.48. The molecule has 0 radical (unpaired) electrons. The molecule has 2 nitrogen and oxygen atoms in total. The molecule has 1 aromatic rings. The fourth-order valence-electron chi connectivity index (χ4n) is 1.26. The molecule has 66 valence electrons. The van der Waals surface area contributed by atoms with Crippen LogP contribution in [0.2, 0.25) is 0 Å². The molecule has 1 rings (SSSR count). The lowest BCUT2D eigenvalue weighted by molar-refractivity contribution is 0.593. The van der Waals surface area contributed by atoms with Gasteiger partial charge in [0.25, 0.3) is 0 Å². The summed E-state index contributed by atoms with van der Waals surface area (Å²) in [5.74, 6) is 0. The quantitative estimate of drug-likeness (QED) is 0.736. The van der Waals surface area contributed by atoms with Crippen molar-refractivity contribution >= 4 is 0 Å². The summed E-state index contributed by atoms with van der Waals surface area (Å²) in [7, 11) is 0. The molecule has 0 saturated carbocycles. The maximum Gasteiger partial charge on any atom is 0.0419 e. The van der Waals surface area contributed by atoms with Crippen LogP contribution in [0.15, 0.2) is 24.4 Å². The Bertz CT molecular complexity index is 208. The molecule has 0 unspecified atom stereocenters. The van der Waals surface area contributed by atoms with Gasteiger partial charge in [-0.05, 0) is 18.6 Å². The van der Waals surface area contributed by atoms with E-state index in [1.807, 2.05) is 24.4 Å². The molecule has 0 aromatic carbocycles. The maximum atomic E-state index is 5.88. The average Bonchev–Trinajstić information content (AvgIpc) is 2.06. The van der Waals surface area contributed by atoms with Crippen LogP contribution in [0, 0.1) is 0 Å². The maximum absolute atomic E-state index is 5.88. The van der Waals surface area contributed by atoms with Gasteiger partial charge in [-0.25, -0.2) is 0 Å². The van der Waals surface area contributed by atoms with Crippen LogP contribution in [0.3, 0.4) is 0 Å². The zero-order valence-electron chi connectivity index (χ0n) is 7.53. The van der Waals surface area contributed by atoms with Crippen LogP contribution in [0.5, 0.6) is 0 Å². The molecule has 1 atom stereocenters. The highest BCUT2D eigenvalue weighted by Crippen LogP contribution is 2.01. The molecule has 0 bridgehead atoms. The Labute approximate surface area is 73.8 Å². The van der Waals surface area contributed by atoms with Crippen molar-refractivity contribution in [2.75, 3.05) is 0 Å². The van der Waals surface area contributed by atoms with Gasteiger partial charge in [0.2, 0.25) is 0 Å². The Hall–Kier alpha value is -0.890. The predicted molar refractivity (Wildman–Crippen MR) is 50.8 cm³/mol. The molecule has 0 amide bonds. The summed E-state index contributed by atoms with van der Waals surface area (Å²) in [5, 5.41) is 0. The average molecular weight is 164 g/mol. The molecule has 1 aromatic heterocycles. The Kier molecular flexibility index (Phi) is 3.74. The van der Waals surface area contributed by atoms with Crippen LogP contribution >= 0.6 is 0 Å². The van der Waals surface area contributed by atoms with Gasteiger partial charge in [0, 0.05) is 24.4 Å². The number of rotatable bonds is 4. The number of aromatic nitrogens is 1. The molecular weight excluding hydrogens is 148 g/mol. The summed E-state index contributed by atoms with van der Waals surface area (Å²) in [5.41, 5.74) is 6.97. The van der Waals surface area contributed by atoms with Crippen LogP contribution in [-0.2, 0) is 6.42 Å². The van der Waals surface area contributed by atoms with Gasteiger partial charge in [-0.3, -0.25) is 4.98 Å². The fourth-order valence-corrected chi connectivity index (χ4v) is 1.26. The third-order valence-electron chi connectivity index (χ3n) is 1.86. The summed E-state index contributed by atoms with van der Waals surface area (Å²) in [6, 6.07) is 6.22. The standard InChI is InChI=1S/C10H16N2/c1-2-5-9(11)8-10-6-3-4-7-12-10/h3-4,6-7,9H,2,5,8,11H2,1H3/t9-/m1/s1. The van der Waals surface area contributed by atoms with Gasteiger partial charge < -0.3 is 5.73 Å². The van der Waals surface area contributed by atoms with Gasteiger partial charge in [0.05, 0.1) is 0 Å². The lowest BCUT2D eigenvalue weighted by atomic mass is 10.1. The zero-order chi connectivity index (χ0) is 8.81. The second-order valence-corrected chi connectivity index (χ2v) is 3.07. The molecule has 12 heavy (non-hydrogen) atoms. The van der Waals surface area contributed by atoms with Crippen molar-refractivity contribution in [2.45, 2.75) is 32.2 Å². The summed E-state index contributed by atoms with van der Waals surface area (Å²) in [6.07, 6.45) is 4.94. The topological polar surface area (TPSA) is 38.9 Å². The van der Waals surface area contributed by atoms with Crippen LogP contribution in [0.1, 0.15) is 25.5 Å². The fraction of sp³-hybridized carbons (Fsp3) is 0.500. The highest BCUT2D eigenvalue weighted by molar-refractivity contribution is 5.04. The van der Waals surface area contributed by atoms with Crippen LogP contribution in [0.4, 0.5) is 0 Å². The first kappa shape index (κ1) is 9.20. The van der Waals surface area contributed by atoms with E-state index in [0.717, 1.165) is 25.0 Å². The Morgan fingerprint density at radius 3 is 2.92 bits per heavy atom. The number of nitrogens with zero attached hydrogens (tertiary/aromatic N) is 1. The van der Waals surface area contributed by atoms with Gasteiger partial charge in [-0.2, -0.15) is 0 Å². The van der Waals surface area contributed by atoms with Gasteiger partial charge >= 0.3 is 0 Å². The minimum atomic E-state index is 0.268. The first-order chi connectivity index (χ1) is 5.83. The second-order valence-electron chi connectivity index (χ2n) is 3.07. The lowest BCUT2D eigenvalue weighted by Gasteiger charge is -2.08. The minimum Gasteiger partial charge on any atom is -0.327 e. The molecule has 0 fully saturated rings. The summed E-state index contributed by atoms with van der Waals surface area (Å²) in [4.78, 5) is 4.22. The minimum absolute atomic E-state index is 0.268. The Morgan fingerprint density at radius 1 is 1.50 bits per heavy atom. The van der Waals surface area contributed by atoms with E-state index in [1.165, 1.54) is 0 Å². The molecule has 2 heteroatoms. The van der Waals surface area contributed by atoms with E-state index >= 15 is 0 Å². The van der Waals surface area contributed by atoms with Crippen LogP contribution in [-0.4, -0.2) is 11.0 Å². The molecule has 0 aliphatic rings. The summed E-state index contributed by atoms with van der Waals surface area (Å²) >= 11 is 0. The van der Waals surface area contributed by atoms with Gasteiger partial charge in [-0.1, -0.05) is 19.4 Å².